The predicted molar refractivity (Wildman–Crippen MR) is 58.3 cm³/mol. The zero-order valence-corrected chi connectivity index (χ0v) is 7.90. The third-order valence-electron chi connectivity index (χ3n) is 2.01. The smallest absolute Gasteiger partial charge is 0.410 e. The first kappa shape index (κ1) is 9.33. The van der Waals surface area contributed by atoms with Crippen molar-refractivity contribution in [1.29, 1.82) is 0 Å². The summed E-state index contributed by atoms with van der Waals surface area (Å²) in [4.78, 5) is 10.5. The van der Waals surface area contributed by atoms with E-state index in [1.54, 1.807) is 12.2 Å². The number of allylic oxidation sites excluding steroid dienone is 2. The van der Waals surface area contributed by atoms with Gasteiger partial charge in [0.15, 0.2) is 0 Å². The minimum absolute atomic E-state index is 0.448. The molecule has 0 fully saturated rings. The lowest BCUT2D eigenvalue weighted by molar-refractivity contribution is 0.197. The van der Waals surface area contributed by atoms with Crippen LogP contribution in [0, 0.1) is 0 Å². The molecule has 76 valence electrons. The molecule has 1 amide bonds. The van der Waals surface area contributed by atoms with Gasteiger partial charge in [0.1, 0.15) is 5.82 Å². The average molecular weight is 202 g/mol. The van der Waals surface area contributed by atoms with Crippen molar-refractivity contribution in [2.75, 3.05) is 5.32 Å². The first-order chi connectivity index (χ1) is 7.25. The topological polar surface area (TPSA) is 61.4 Å². The number of carbonyl (C=O) groups is 1. The minimum Gasteiger partial charge on any atom is -0.465 e. The van der Waals surface area contributed by atoms with Gasteiger partial charge in [0.2, 0.25) is 0 Å². The molecule has 1 aliphatic rings. The second-order valence-corrected chi connectivity index (χ2v) is 3.08. The molecule has 0 bridgehead atoms. The number of benzene rings is 1. The zero-order valence-electron chi connectivity index (χ0n) is 7.90. The molecule has 0 spiro atoms. The van der Waals surface area contributed by atoms with Gasteiger partial charge >= 0.3 is 6.09 Å². The Labute approximate surface area is 86.9 Å². The van der Waals surface area contributed by atoms with E-state index in [1.807, 2.05) is 30.3 Å². The number of amides is 1. The molecule has 1 aromatic carbocycles. The normalized spacial score (nSPS) is 13.2. The van der Waals surface area contributed by atoms with Crippen LogP contribution < -0.4 is 10.6 Å². The fourth-order valence-electron chi connectivity index (χ4n) is 1.38. The highest BCUT2D eigenvalue weighted by atomic mass is 16.4. The lowest BCUT2D eigenvalue weighted by atomic mass is 10.2. The molecule has 4 heteroatoms. The van der Waals surface area contributed by atoms with Crippen LogP contribution in [-0.2, 0) is 0 Å². The second-order valence-electron chi connectivity index (χ2n) is 3.08. The lowest BCUT2D eigenvalue weighted by Gasteiger charge is -2.10. The molecule has 2 rings (SSSR count). The highest BCUT2D eigenvalue weighted by Gasteiger charge is 2.06. The molecular weight excluding hydrogens is 192 g/mol. The number of fused-ring (bicyclic) bond motifs is 1. The number of hydrogen-bond donors (Lipinski definition) is 3. The molecule has 0 radical (unpaired) electrons. The molecule has 15 heavy (non-hydrogen) atoms. The van der Waals surface area contributed by atoms with Crippen LogP contribution in [0.25, 0.3) is 6.08 Å². The van der Waals surface area contributed by atoms with Crippen molar-refractivity contribution in [2.45, 2.75) is 0 Å². The van der Waals surface area contributed by atoms with Gasteiger partial charge in [-0.15, -0.1) is 0 Å². The van der Waals surface area contributed by atoms with Gasteiger partial charge in [-0.05, 0) is 17.7 Å². The van der Waals surface area contributed by atoms with E-state index < -0.39 is 6.09 Å². The molecule has 0 unspecified atom stereocenters. The van der Waals surface area contributed by atoms with E-state index in [2.05, 4.69) is 10.6 Å². The van der Waals surface area contributed by atoms with Crippen LogP contribution >= 0.6 is 0 Å². The number of para-hydroxylation sites is 1. The minimum atomic E-state index is -1.08. The van der Waals surface area contributed by atoms with E-state index >= 15 is 0 Å². The molecular formula is C11H10N2O2. The Balaban J connectivity index is 2.27. The van der Waals surface area contributed by atoms with Gasteiger partial charge in [-0.2, -0.15) is 0 Å². The molecule has 1 aromatic rings. The lowest BCUT2D eigenvalue weighted by Crippen LogP contribution is -2.24. The van der Waals surface area contributed by atoms with Crippen LogP contribution in [0.3, 0.4) is 0 Å². The molecule has 0 atom stereocenters. The number of carboxylic acid groups (broad SMARTS) is 1. The van der Waals surface area contributed by atoms with Gasteiger partial charge in [-0.1, -0.05) is 30.4 Å². The van der Waals surface area contributed by atoms with Crippen molar-refractivity contribution < 1.29 is 9.90 Å². The Kier molecular flexibility index (Phi) is 2.41. The van der Waals surface area contributed by atoms with Crippen molar-refractivity contribution >= 4 is 17.9 Å². The predicted octanol–water partition coefficient (Wildman–Crippen LogP) is 2.23. The average Bonchev–Trinajstić information content (AvgIpc) is 2.38. The summed E-state index contributed by atoms with van der Waals surface area (Å²) in [5.41, 5.74) is 1.90. The third-order valence-corrected chi connectivity index (χ3v) is 2.01. The Morgan fingerprint density at radius 2 is 2.13 bits per heavy atom. The molecule has 0 aliphatic carbocycles. The maximum atomic E-state index is 10.5. The molecule has 0 saturated carbocycles. The van der Waals surface area contributed by atoms with Gasteiger partial charge in [-0.3, -0.25) is 5.32 Å². The highest BCUT2D eigenvalue weighted by Crippen LogP contribution is 2.20. The zero-order chi connectivity index (χ0) is 10.7. The summed E-state index contributed by atoms with van der Waals surface area (Å²) < 4.78 is 0. The number of rotatable bonds is 1. The van der Waals surface area contributed by atoms with Crippen LogP contribution in [0.15, 0.2) is 42.2 Å². The third kappa shape index (κ3) is 2.17. The van der Waals surface area contributed by atoms with Crippen LogP contribution in [0.2, 0.25) is 0 Å². The van der Waals surface area contributed by atoms with Crippen LogP contribution in [0.4, 0.5) is 10.5 Å². The van der Waals surface area contributed by atoms with Crippen molar-refractivity contribution in [3.05, 3.63) is 47.8 Å². The van der Waals surface area contributed by atoms with E-state index in [0.717, 1.165) is 11.3 Å². The Morgan fingerprint density at radius 1 is 1.33 bits per heavy atom. The molecule has 3 N–H and O–H groups in total. The molecule has 1 aliphatic heterocycles. The Hall–Kier alpha value is -2.23. The van der Waals surface area contributed by atoms with Crippen molar-refractivity contribution in [3.8, 4) is 0 Å². The molecule has 0 aromatic heterocycles. The fraction of sp³-hybridized carbons (Fsp3) is 0. The van der Waals surface area contributed by atoms with Gasteiger partial charge < -0.3 is 10.4 Å². The summed E-state index contributed by atoms with van der Waals surface area (Å²) in [6.45, 7) is 0. The van der Waals surface area contributed by atoms with E-state index in [9.17, 15) is 4.79 Å². The largest absolute Gasteiger partial charge is 0.465 e. The Morgan fingerprint density at radius 3 is 2.93 bits per heavy atom. The monoisotopic (exact) mass is 202 g/mol. The van der Waals surface area contributed by atoms with E-state index in [4.69, 9.17) is 5.11 Å². The van der Waals surface area contributed by atoms with E-state index in [-0.39, 0.29) is 0 Å². The maximum absolute atomic E-state index is 10.5. The number of nitrogens with one attached hydrogen (secondary N) is 2. The first-order valence-corrected chi connectivity index (χ1v) is 4.50. The fourth-order valence-corrected chi connectivity index (χ4v) is 1.38. The second kappa shape index (κ2) is 3.88. The summed E-state index contributed by atoms with van der Waals surface area (Å²) in [6.07, 6.45) is 4.30. The quantitative estimate of drug-likeness (QED) is 0.654. The van der Waals surface area contributed by atoms with Gasteiger partial charge in [0.25, 0.3) is 0 Å². The van der Waals surface area contributed by atoms with Crippen LogP contribution in [0.1, 0.15) is 5.56 Å². The Bertz CT molecular complexity index is 450. The SMILES string of the molecule is O=C(O)NC1=CC=Cc2ccccc2N1. The van der Waals surface area contributed by atoms with Crippen molar-refractivity contribution in [2.24, 2.45) is 0 Å². The van der Waals surface area contributed by atoms with Gasteiger partial charge in [0.05, 0.1) is 0 Å². The summed E-state index contributed by atoms with van der Waals surface area (Å²) in [5, 5.41) is 13.9. The van der Waals surface area contributed by atoms with E-state index in [0.29, 0.717) is 5.82 Å². The maximum Gasteiger partial charge on any atom is 0.410 e. The summed E-state index contributed by atoms with van der Waals surface area (Å²) in [6, 6.07) is 7.67. The molecule has 1 heterocycles. The summed E-state index contributed by atoms with van der Waals surface area (Å²) >= 11 is 0. The van der Waals surface area contributed by atoms with Gasteiger partial charge in [-0.25, -0.2) is 4.79 Å². The summed E-state index contributed by atoms with van der Waals surface area (Å²) in [7, 11) is 0. The summed E-state index contributed by atoms with van der Waals surface area (Å²) in [5.74, 6) is 0.448. The van der Waals surface area contributed by atoms with Crippen LogP contribution in [-0.4, -0.2) is 11.2 Å². The standard InChI is InChI=1S/C11H10N2O2/c14-11(15)13-10-7-3-5-8-4-1-2-6-9(8)12-10/h1-7,12-13H,(H,14,15). The number of hydrogen-bond acceptors (Lipinski definition) is 2. The van der Waals surface area contributed by atoms with Gasteiger partial charge in [0, 0.05) is 5.69 Å². The first-order valence-electron chi connectivity index (χ1n) is 4.50. The molecule has 0 saturated heterocycles. The van der Waals surface area contributed by atoms with Crippen molar-refractivity contribution in [3.63, 3.8) is 0 Å². The molecule has 4 nitrogen and oxygen atoms in total. The van der Waals surface area contributed by atoms with Crippen molar-refractivity contribution in [1.82, 2.24) is 5.32 Å². The highest BCUT2D eigenvalue weighted by molar-refractivity contribution is 5.74. The number of anilines is 1. The van der Waals surface area contributed by atoms with E-state index in [1.165, 1.54) is 0 Å². The van der Waals surface area contributed by atoms with Crippen LogP contribution in [0.5, 0.6) is 0 Å².